The second-order valence-corrected chi connectivity index (χ2v) is 4.57. The molecule has 0 bridgehead atoms. The van der Waals surface area contributed by atoms with Crippen LogP contribution in [0.15, 0.2) is 45.4 Å². The first-order valence-electron chi connectivity index (χ1n) is 5.97. The van der Waals surface area contributed by atoms with Crippen LogP contribution in [0.5, 0.6) is 11.5 Å². The molecular formula is C15H12O4S. The summed E-state index contributed by atoms with van der Waals surface area (Å²) in [5.41, 5.74) is 0.547. The zero-order valence-electron chi connectivity index (χ0n) is 11.0. The SMILES string of the molecule is COc1ccc2c(=S)cc(-c3ccco3)oc2c1OC. The van der Waals surface area contributed by atoms with Gasteiger partial charge in [0.2, 0.25) is 5.75 Å². The molecule has 3 rings (SSSR count). The van der Waals surface area contributed by atoms with Gasteiger partial charge >= 0.3 is 0 Å². The van der Waals surface area contributed by atoms with Crippen LogP contribution in [0.25, 0.3) is 22.5 Å². The molecule has 0 unspecified atom stereocenters. The van der Waals surface area contributed by atoms with Gasteiger partial charge in [-0.2, -0.15) is 0 Å². The minimum atomic E-state index is 0.518. The van der Waals surface area contributed by atoms with Crippen molar-refractivity contribution in [2.45, 2.75) is 0 Å². The molecule has 0 spiro atoms. The van der Waals surface area contributed by atoms with Crippen molar-refractivity contribution >= 4 is 23.2 Å². The van der Waals surface area contributed by atoms with Gasteiger partial charge in [-0.05, 0) is 24.3 Å². The standard InChI is InChI=1S/C15H12O4S/c1-16-11-6-5-9-13(20)8-12(10-4-3-7-18-10)19-14(9)15(11)17-2/h3-8H,1-2H3. The first-order chi connectivity index (χ1) is 9.74. The van der Waals surface area contributed by atoms with Gasteiger partial charge < -0.3 is 18.3 Å². The van der Waals surface area contributed by atoms with Gasteiger partial charge in [-0.1, -0.05) is 12.2 Å². The first kappa shape index (κ1) is 12.7. The van der Waals surface area contributed by atoms with Crippen LogP contribution in [0, 0.1) is 4.51 Å². The zero-order chi connectivity index (χ0) is 14.1. The van der Waals surface area contributed by atoms with Crippen LogP contribution in [0.4, 0.5) is 0 Å². The molecule has 0 atom stereocenters. The Labute approximate surface area is 120 Å². The van der Waals surface area contributed by atoms with Gasteiger partial charge in [0.05, 0.1) is 25.0 Å². The summed E-state index contributed by atoms with van der Waals surface area (Å²) in [4.78, 5) is 0. The van der Waals surface area contributed by atoms with Crippen LogP contribution in [0.1, 0.15) is 0 Å². The van der Waals surface area contributed by atoms with Crippen molar-refractivity contribution in [2.75, 3.05) is 14.2 Å². The molecule has 3 aromatic rings. The Kier molecular flexibility index (Phi) is 3.20. The lowest BCUT2D eigenvalue weighted by molar-refractivity contribution is 0.353. The Bertz CT molecular complexity index is 803. The van der Waals surface area contributed by atoms with E-state index in [1.807, 2.05) is 12.1 Å². The van der Waals surface area contributed by atoms with E-state index in [1.165, 1.54) is 0 Å². The second-order valence-electron chi connectivity index (χ2n) is 4.13. The normalized spacial score (nSPS) is 10.7. The summed E-state index contributed by atoms with van der Waals surface area (Å²) in [6.45, 7) is 0. The van der Waals surface area contributed by atoms with Crippen LogP contribution in [0.3, 0.4) is 0 Å². The van der Waals surface area contributed by atoms with Crippen molar-refractivity contribution in [2.24, 2.45) is 0 Å². The van der Waals surface area contributed by atoms with Gasteiger partial charge in [0, 0.05) is 11.5 Å². The van der Waals surface area contributed by atoms with Crippen molar-refractivity contribution in [3.63, 3.8) is 0 Å². The maximum Gasteiger partial charge on any atom is 0.204 e. The zero-order valence-corrected chi connectivity index (χ0v) is 11.8. The second kappa shape index (κ2) is 5.02. The molecule has 0 N–H and O–H groups in total. The number of fused-ring (bicyclic) bond motifs is 1. The van der Waals surface area contributed by atoms with E-state index in [0.717, 1.165) is 5.39 Å². The van der Waals surface area contributed by atoms with Crippen LogP contribution >= 0.6 is 12.2 Å². The molecule has 20 heavy (non-hydrogen) atoms. The topological polar surface area (TPSA) is 44.7 Å². The number of hydrogen-bond acceptors (Lipinski definition) is 5. The van der Waals surface area contributed by atoms with Gasteiger partial charge in [-0.15, -0.1) is 0 Å². The van der Waals surface area contributed by atoms with Crippen LogP contribution < -0.4 is 9.47 Å². The Morgan fingerprint density at radius 3 is 2.55 bits per heavy atom. The molecule has 0 fully saturated rings. The average Bonchev–Trinajstić information content (AvgIpc) is 3.00. The van der Waals surface area contributed by atoms with Crippen LogP contribution in [0.2, 0.25) is 0 Å². The van der Waals surface area contributed by atoms with Crippen molar-refractivity contribution in [3.05, 3.63) is 41.1 Å². The molecule has 102 valence electrons. The largest absolute Gasteiger partial charge is 0.493 e. The third kappa shape index (κ3) is 1.96. The molecule has 5 heteroatoms. The summed E-state index contributed by atoms with van der Waals surface area (Å²) in [6.07, 6.45) is 1.58. The van der Waals surface area contributed by atoms with Gasteiger partial charge in [-0.3, -0.25) is 0 Å². The molecule has 2 heterocycles. The molecule has 0 amide bonds. The molecule has 4 nitrogen and oxygen atoms in total. The maximum absolute atomic E-state index is 5.89. The van der Waals surface area contributed by atoms with E-state index in [0.29, 0.717) is 33.1 Å². The predicted octanol–water partition coefficient (Wildman–Crippen LogP) is 4.44. The quantitative estimate of drug-likeness (QED) is 0.667. The fourth-order valence-electron chi connectivity index (χ4n) is 2.07. The van der Waals surface area contributed by atoms with E-state index in [1.54, 1.807) is 38.7 Å². The van der Waals surface area contributed by atoms with Gasteiger partial charge in [0.25, 0.3) is 0 Å². The molecule has 0 saturated carbocycles. The van der Waals surface area contributed by atoms with Gasteiger partial charge in [-0.25, -0.2) is 0 Å². The maximum atomic E-state index is 5.89. The number of ether oxygens (including phenoxy) is 2. The summed E-state index contributed by atoms with van der Waals surface area (Å²) < 4.78 is 22.5. The number of rotatable bonds is 3. The van der Waals surface area contributed by atoms with Crippen molar-refractivity contribution in [1.82, 2.24) is 0 Å². The highest BCUT2D eigenvalue weighted by atomic mass is 32.1. The van der Waals surface area contributed by atoms with E-state index in [-0.39, 0.29) is 0 Å². The lowest BCUT2D eigenvalue weighted by Crippen LogP contribution is -1.92. The van der Waals surface area contributed by atoms with E-state index >= 15 is 0 Å². The summed E-state index contributed by atoms with van der Waals surface area (Å²) >= 11 is 5.40. The fourth-order valence-corrected chi connectivity index (χ4v) is 2.34. The molecule has 0 radical (unpaired) electrons. The lowest BCUT2D eigenvalue weighted by Gasteiger charge is -2.10. The minimum Gasteiger partial charge on any atom is -0.493 e. The Hall–Kier alpha value is -2.27. The van der Waals surface area contributed by atoms with Crippen molar-refractivity contribution < 1.29 is 18.3 Å². The average molecular weight is 288 g/mol. The number of benzene rings is 1. The molecule has 0 aliphatic carbocycles. The minimum absolute atomic E-state index is 0.518. The molecule has 2 aromatic heterocycles. The number of methoxy groups -OCH3 is 2. The fraction of sp³-hybridized carbons (Fsp3) is 0.133. The summed E-state index contributed by atoms with van der Waals surface area (Å²) in [6, 6.07) is 9.03. The van der Waals surface area contributed by atoms with E-state index in [9.17, 15) is 0 Å². The number of hydrogen-bond donors (Lipinski definition) is 0. The highest BCUT2D eigenvalue weighted by molar-refractivity contribution is 7.71. The summed E-state index contributed by atoms with van der Waals surface area (Å²) in [7, 11) is 3.14. The smallest absolute Gasteiger partial charge is 0.204 e. The van der Waals surface area contributed by atoms with Gasteiger partial charge in [0.1, 0.15) is 0 Å². The van der Waals surface area contributed by atoms with Crippen LogP contribution in [-0.2, 0) is 0 Å². The lowest BCUT2D eigenvalue weighted by atomic mass is 10.2. The highest BCUT2D eigenvalue weighted by Gasteiger charge is 2.14. The predicted molar refractivity (Wildman–Crippen MR) is 77.9 cm³/mol. The molecule has 0 aliphatic heterocycles. The summed E-state index contributed by atoms with van der Waals surface area (Å²) in [5, 5.41) is 0.799. The number of furan rings is 1. The molecular weight excluding hydrogens is 276 g/mol. The Balaban J connectivity index is 2.36. The first-order valence-corrected chi connectivity index (χ1v) is 6.38. The molecule has 0 aliphatic rings. The summed E-state index contributed by atoms with van der Waals surface area (Å²) in [5.74, 6) is 2.28. The van der Waals surface area contributed by atoms with E-state index in [2.05, 4.69) is 0 Å². The van der Waals surface area contributed by atoms with Crippen molar-refractivity contribution in [3.8, 4) is 23.0 Å². The highest BCUT2D eigenvalue weighted by Crippen LogP contribution is 2.38. The van der Waals surface area contributed by atoms with E-state index < -0.39 is 0 Å². The van der Waals surface area contributed by atoms with Gasteiger partial charge in [0.15, 0.2) is 22.9 Å². The molecule has 1 aromatic carbocycles. The monoisotopic (exact) mass is 288 g/mol. The van der Waals surface area contributed by atoms with Crippen LogP contribution in [-0.4, -0.2) is 14.2 Å². The Morgan fingerprint density at radius 1 is 1.05 bits per heavy atom. The van der Waals surface area contributed by atoms with Crippen molar-refractivity contribution in [1.29, 1.82) is 0 Å². The Morgan fingerprint density at radius 2 is 1.90 bits per heavy atom. The third-order valence-corrected chi connectivity index (χ3v) is 3.34. The molecule has 0 saturated heterocycles. The third-order valence-electron chi connectivity index (χ3n) is 3.00. The van der Waals surface area contributed by atoms with E-state index in [4.69, 9.17) is 30.5 Å².